The van der Waals surface area contributed by atoms with Crippen LogP contribution in [0.4, 0.5) is 5.82 Å². The average molecular weight is 367 g/mol. The average Bonchev–Trinajstić information content (AvgIpc) is 3.09. The van der Waals surface area contributed by atoms with E-state index in [1.165, 1.54) is 0 Å². The lowest BCUT2D eigenvalue weighted by Crippen LogP contribution is -2.41. The maximum absolute atomic E-state index is 6.11. The second-order valence-corrected chi connectivity index (χ2v) is 7.77. The maximum atomic E-state index is 6.11. The molecule has 0 N–H and O–H groups in total. The molecular formula is C20H25N5O2. The molecule has 1 unspecified atom stereocenters. The molecule has 0 aliphatic carbocycles. The molecule has 4 rings (SSSR count). The van der Waals surface area contributed by atoms with Crippen LogP contribution in [0.2, 0.25) is 0 Å². The lowest BCUT2D eigenvalue weighted by molar-refractivity contribution is 0.0952. The van der Waals surface area contributed by atoms with Crippen LogP contribution in [-0.2, 0) is 5.41 Å². The second-order valence-electron chi connectivity index (χ2n) is 7.77. The summed E-state index contributed by atoms with van der Waals surface area (Å²) in [7, 11) is 0. The smallest absolute Gasteiger partial charge is 0.178 e. The van der Waals surface area contributed by atoms with Crippen molar-refractivity contribution in [1.82, 2.24) is 19.8 Å². The van der Waals surface area contributed by atoms with Crippen molar-refractivity contribution >= 4 is 11.5 Å². The van der Waals surface area contributed by atoms with E-state index in [2.05, 4.69) is 42.8 Å². The molecule has 2 aromatic heterocycles. The van der Waals surface area contributed by atoms with Gasteiger partial charge >= 0.3 is 0 Å². The molecule has 7 heteroatoms. The predicted molar refractivity (Wildman–Crippen MR) is 104 cm³/mol. The summed E-state index contributed by atoms with van der Waals surface area (Å²) in [6, 6.07) is 11.7. The zero-order chi connectivity index (χ0) is 19.0. The lowest BCUT2D eigenvalue weighted by Gasteiger charge is -2.31. The molecule has 142 valence electrons. The molecule has 1 aliphatic rings. The summed E-state index contributed by atoms with van der Waals surface area (Å²) in [5.74, 6) is 3.32. The van der Waals surface area contributed by atoms with Crippen LogP contribution >= 0.6 is 0 Å². The van der Waals surface area contributed by atoms with Crippen molar-refractivity contribution in [3.8, 4) is 11.5 Å². The number of anilines is 1. The Hall–Kier alpha value is -2.83. The number of hydrogen-bond acceptors (Lipinski definition) is 6. The van der Waals surface area contributed by atoms with E-state index in [4.69, 9.17) is 14.6 Å². The fourth-order valence-corrected chi connectivity index (χ4v) is 3.20. The van der Waals surface area contributed by atoms with Crippen LogP contribution in [0, 0.1) is 0 Å². The van der Waals surface area contributed by atoms with Crippen LogP contribution in [0.3, 0.4) is 0 Å². The van der Waals surface area contributed by atoms with Crippen molar-refractivity contribution in [1.29, 1.82) is 0 Å². The molecular weight excluding hydrogens is 342 g/mol. The van der Waals surface area contributed by atoms with Gasteiger partial charge in [-0.25, -0.2) is 0 Å². The Morgan fingerprint density at radius 1 is 1.11 bits per heavy atom. The molecule has 0 bridgehead atoms. The van der Waals surface area contributed by atoms with Crippen LogP contribution in [0.1, 0.15) is 33.5 Å². The van der Waals surface area contributed by atoms with Crippen LogP contribution in [0.25, 0.3) is 5.65 Å². The Morgan fingerprint density at radius 2 is 1.89 bits per heavy atom. The highest BCUT2D eigenvalue weighted by Gasteiger charge is 2.25. The monoisotopic (exact) mass is 367 g/mol. The van der Waals surface area contributed by atoms with E-state index >= 15 is 0 Å². The third-order valence-electron chi connectivity index (χ3n) is 4.62. The van der Waals surface area contributed by atoms with E-state index in [-0.39, 0.29) is 11.5 Å². The normalized spacial score (nSPS) is 16.5. The van der Waals surface area contributed by atoms with Gasteiger partial charge in [-0.15, -0.1) is 15.3 Å². The van der Waals surface area contributed by atoms with Crippen molar-refractivity contribution in [2.24, 2.45) is 0 Å². The van der Waals surface area contributed by atoms with Gasteiger partial charge in [0.25, 0.3) is 0 Å². The number of ether oxygens (including phenoxy) is 2. The summed E-state index contributed by atoms with van der Waals surface area (Å²) < 4.78 is 13.8. The molecule has 27 heavy (non-hydrogen) atoms. The number of hydrogen-bond donors (Lipinski definition) is 0. The first-order chi connectivity index (χ1) is 13.0. The minimum atomic E-state index is -0.133. The Kier molecular flexibility index (Phi) is 4.37. The second kappa shape index (κ2) is 6.72. The fourth-order valence-electron chi connectivity index (χ4n) is 3.20. The Balaban J connectivity index is 1.58. The molecule has 0 fully saturated rings. The Labute approximate surface area is 158 Å². The van der Waals surface area contributed by atoms with Crippen LogP contribution < -0.4 is 14.4 Å². The van der Waals surface area contributed by atoms with Gasteiger partial charge in [-0.1, -0.05) is 32.9 Å². The van der Waals surface area contributed by atoms with E-state index in [1.54, 1.807) is 0 Å². The van der Waals surface area contributed by atoms with Gasteiger partial charge in [0, 0.05) is 12.0 Å². The predicted octanol–water partition coefficient (Wildman–Crippen LogP) is 3.09. The molecule has 0 radical (unpaired) electrons. The minimum absolute atomic E-state index is 0.0552. The summed E-state index contributed by atoms with van der Waals surface area (Å²) in [4.78, 5) is 2.19. The highest BCUT2D eigenvalue weighted by atomic mass is 16.6. The summed E-state index contributed by atoms with van der Waals surface area (Å²) in [6.45, 7) is 10.5. The van der Waals surface area contributed by atoms with Gasteiger partial charge in [0.05, 0.1) is 6.54 Å². The van der Waals surface area contributed by atoms with Crippen LogP contribution in [0.15, 0.2) is 36.4 Å². The summed E-state index contributed by atoms with van der Waals surface area (Å²) in [5, 5.41) is 13.4. The van der Waals surface area contributed by atoms with Crippen molar-refractivity contribution in [2.75, 3.05) is 24.6 Å². The third kappa shape index (κ3) is 3.41. The highest BCUT2D eigenvalue weighted by molar-refractivity contribution is 5.47. The third-order valence-corrected chi connectivity index (χ3v) is 4.62. The summed E-state index contributed by atoms with van der Waals surface area (Å²) in [6.07, 6.45) is -0.0552. The molecule has 0 saturated carbocycles. The quantitative estimate of drug-likeness (QED) is 0.706. The number of likely N-dealkylation sites (N-methyl/N-ethyl adjacent to an activating group) is 1. The molecule has 3 heterocycles. The zero-order valence-corrected chi connectivity index (χ0v) is 16.2. The molecule has 0 amide bonds. The van der Waals surface area contributed by atoms with Gasteiger partial charge in [-0.2, -0.15) is 4.52 Å². The molecule has 0 spiro atoms. The number of para-hydroxylation sites is 2. The number of benzene rings is 1. The summed E-state index contributed by atoms with van der Waals surface area (Å²) in [5.41, 5.74) is 0.623. The number of nitrogens with zero attached hydrogens (tertiary/aromatic N) is 5. The lowest BCUT2D eigenvalue weighted by atomic mass is 9.96. The van der Waals surface area contributed by atoms with E-state index in [9.17, 15) is 0 Å². The van der Waals surface area contributed by atoms with Crippen molar-refractivity contribution in [3.05, 3.63) is 42.2 Å². The molecule has 7 nitrogen and oxygen atoms in total. The standard InChI is InChI=1S/C20H25N5O2/c1-5-24(12-14-13-26-15-8-6-7-9-16(15)27-14)18-11-10-17-21-22-19(20(2,3)4)25(17)23-18/h6-11,14H,5,12-13H2,1-4H3. The first kappa shape index (κ1) is 17.6. The SMILES string of the molecule is CCN(CC1COc2ccccc2O1)c1ccc2nnc(C(C)(C)C)n2n1. The summed E-state index contributed by atoms with van der Waals surface area (Å²) >= 11 is 0. The first-order valence-corrected chi connectivity index (χ1v) is 9.32. The first-order valence-electron chi connectivity index (χ1n) is 9.32. The fraction of sp³-hybridized carbons (Fsp3) is 0.450. The maximum Gasteiger partial charge on any atom is 0.178 e. The van der Waals surface area contributed by atoms with Gasteiger partial charge in [0.1, 0.15) is 12.4 Å². The molecule has 3 aromatic rings. The number of aromatic nitrogens is 4. The minimum Gasteiger partial charge on any atom is -0.486 e. The van der Waals surface area contributed by atoms with E-state index in [1.807, 2.05) is 40.9 Å². The topological polar surface area (TPSA) is 64.8 Å². The largest absolute Gasteiger partial charge is 0.486 e. The Bertz CT molecular complexity index is 947. The van der Waals surface area contributed by atoms with Gasteiger partial charge in [0.15, 0.2) is 29.1 Å². The molecule has 1 atom stereocenters. The van der Waals surface area contributed by atoms with Gasteiger partial charge in [-0.3, -0.25) is 0 Å². The molecule has 1 aliphatic heterocycles. The van der Waals surface area contributed by atoms with Crippen LogP contribution in [-0.4, -0.2) is 45.6 Å². The van der Waals surface area contributed by atoms with Crippen molar-refractivity contribution in [3.63, 3.8) is 0 Å². The number of rotatable bonds is 4. The zero-order valence-electron chi connectivity index (χ0n) is 16.2. The van der Waals surface area contributed by atoms with Gasteiger partial charge in [0.2, 0.25) is 0 Å². The van der Waals surface area contributed by atoms with Crippen LogP contribution in [0.5, 0.6) is 11.5 Å². The van der Waals surface area contributed by atoms with E-state index in [0.29, 0.717) is 13.2 Å². The molecule has 1 aromatic carbocycles. The van der Waals surface area contributed by atoms with Gasteiger partial charge in [-0.05, 0) is 31.2 Å². The number of fused-ring (bicyclic) bond motifs is 2. The molecule has 0 saturated heterocycles. The van der Waals surface area contributed by atoms with E-state index in [0.717, 1.165) is 35.3 Å². The Morgan fingerprint density at radius 3 is 2.63 bits per heavy atom. The highest BCUT2D eigenvalue weighted by Crippen LogP contribution is 2.31. The van der Waals surface area contributed by atoms with Crippen molar-refractivity contribution < 1.29 is 9.47 Å². The van der Waals surface area contributed by atoms with Gasteiger partial charge < -0.3 is 14.4 Å². The van der Waals surface area contributed by atoms with Crippen molar-refractivity contribution in [2.45, 2.75) is 39.2 Å². The van der Waals surface area contributed by atoms with E-state index < -0.39 is 0 Å².